The van der Waals surface area contributed by atoms with E-state index in [2.05, 4.69) is 15.3 Å². The lowest BCUT2D eigenvalue weighted by Gasteiger charge is -2.16. The van der Waals surface area contributed by atoms with Crippen molar-refractivity contribution in [3.05, 3.63) is 48.3 Å². The molecule has 0 aliphatic rings. The zero-order valence-corrected chi connectivity index (χ0v) is 11.2. The summed E-state index contributed by atoms with van der Waals surface area (Å²) >= 11 is 0. The lowest BCUT2D eigenvalue weighted by molar-refractivity contribution is -0.114. The minimum Gasteiger partial charge on any atom is -0.392 e. The van der Waals surface area contributed by atoms with Gasteiger partial charge in [0.1, 0.15) is 0 Å². The van der Waals surface area contributed by atoms with Gasteiger partial charge in [0, 0.05) is 25.1 Å². The molecule has 0 unspecified atom stereocenters. The quantitative estimate of drug-likeness (QED) is 0.850. The van der Waals surface area contributed by atoms with Crippen LogP contribution in [0.3, 0.4) is 0 Å². The molecule has 2 rings (SSSR count). The number of aliphatic hydroxyl groups is 1. The standard InChI is InChI=1S/C14H16N4O2/c1-18(14-15-7-2-8-16-14)9-13(20)17-12-5-3-11(10-19)4-6-12/h2-8,19H,9-10H2,1H3,(H,17,20). The largest absolute Gasteiger partial charge is 0.392 e. The maximum absolute atomic E-state index is 11.9. The van der Waals surface area contributed by atoms with E-state index in [1.807, 2.05) is 0 Å². The Balaban J connectivity index is 1.91. The number of nitrogens with one attached hydrogen (secondary N) is 1. The molecule has 1 aromatic carbocycles. The first-order valence-corrected chi connectivity index (χ1v) is 6.17. The maximum atomic E-state index is 11.9. The fraction of sp³-hybridized carbons (Fsp3) is 0.214. The van der Waals surface area contributed by atoms with Crippen molar-refractivity contribution >= 4 is 17.5 Å². The van der Waals surface area contributed by atoms with Crippen molar-refractivity contribution < 1.29 is 9.90 Å². The molecule has 1 amide bonds. The highest BCUT2D eigenvalue weighted by Gasteiger charge is 2.09. The Morgan fingerprint density at radius 3 is 2.50 bits per heavy atom. The topological polar surface area (TPSA) is 78.4 Å². The number of nitrogens with zero attached hydrogens (tertiary/aromatic N) is 3. The van der Waals surface area contributed by atoms with Gasteiger partial charge >= 0.3 is 0 Å². The molecule has 0 aliphatic heterocycles. The Morgan fingerprint density at radius 2 is 1.90 bits per heavy atom. The first kappa shape index (κ1) is 14.0. The average molecular weight is 272 g/mol. The number of carbonyl (C=O) groups is 1. The van der Waals surface area contributed by atoms with Crippen molar-refractivity contribution in [3.8, 4) is 0 Å². The van der Waals surface area contributed by atoms with Gasteiger partial charge in [-0.1, -0.05) is 12.1 Å². The lowest BCUT2D eigenvalue weighted by Crippen LogP contribution is -2.31. The summed E-state index contributed by atoms with van der Waals surface area (Å²) in [7, 11) is 1.75. The van der Waals surface area contributed by atoms with E-state index in [4.69, 9.17) is 5.11 Å². The molecular formula is C14H16N4O2. The van der Waals surface area contributed by atoms with E-state index in [0.29, 0.717) is 11.6 Å². The summed E-state index contributed by atoms with van der Waals surface area (Å²) in [6.07, 6.45) is 3.26. The number of rotatable bonds is 5. The van der Waals surface area contributed by atoms with Crippen molar-refractivity contribution in [2.24, 2.45) is 0 Å². The number of hydrogen-bond acceptors (Lipinski definition) is 5. The first-order chi connectivity index (χ1) is 9.69. The summed E-state index contributed by atoms with van der Waals surface area (Å²) in [6.45, 7) is 0.147. The Morgan fingerprint density at radius 1 is 1.25 bits per heavy atom. The van der Waals surface area contributed by atoms with E-state index in [1.165, 1.54) is 0 Å². The molecule has 0 saturated carbocycles. The Labute approximate surface area is 117 Å². The molecule has 0 radical (unpaired) electrons. The molecule has 0 aliphatic carbocycles. The van der Waals surface area contributed by atoms with Gasteiger partial charge in [0.25, 0.3) is 0 Å². The average Bonchev–Trinajstić information content (AvgIpc) is 2.49. The Hall–Kier alpha value is -2.47. The smallest absolute Gasteiger partial charge is 0.243 e. The van der Waals surface area contributed by atoms with Crippen molar-refractivity contribution in [1.82, 2.24) is 9.97 Å². The fourth-order valence-electron chi connectivity index (χ4n) is 1.67. The number of hydrogen-bond donors (Lipinski definition) is 2. The van der Waals surface area contributed by atoms with Crippen LogP contribution >= 0.6 is 0 Å². The van der Waals surface area contributed by atoms with E-state index in [1.54, 1.807) is 54.7 Å². The van der Waals surface area contributed by atoms with Crippen LogP contribution in [0.1, 0.15) is 5.56 Å². The monoisotopic (exact) mass is 272 g/mol. The van der Waals surface area contributed by atoms with Gasteiger partial charge in [0.2, 0.25) is 11.9 Å². The molecule has 2 aromatic rings. The predicted molar refractivity (Wildman–Crippen MR) is 76.3 cm³/mol. The lowest BCUT2D eigenvalue weighted by atomic mass is 10.2. The van der Waals surface area contributed by atoms with Gasteiger partial charge in [0.05, 0.1) is 13.2 Å². The molecule has 0 saturated heterocycles. The third-order valence-corrected chi connectivity index (χ3v) is 2.69. The number of aromatic nitrogens is 2. The van der Waals surface area contributed by atoms with Gasteiger partial charge in [-0.2, -0.15) is 0 Å². The highest BCUT2D eigenvalue weighted by molar-refractivity contribution is 5.93. The minimum atomic E-state index is -0.156. The first-order valence-electron chi connectivity index (χ1n) is 6.17. The van der Waals surface area contributed by atoms with Crippen molar-refractivity contribution in [1.29, 1.82) is 0 Å². The third kappa shape index (κ3) is 3.76. The molecule has 2 N–H and O–H groups in total. The normalized spacial score (nSPS) is 10.1. The molecule has 0 bridgehead atoms. The molecular weight excluding hydrogens is 256 g/mol. The molecule has 1 heterocycles. The summed E-state index contributed by atoms with van der Waals surface area (Å²) in [6, 6.07) is 8.75. The number of carbonyl (C=O) groups excluding carboxylic acids is 1. The summed E-state index contributed by atoms with van der Waals surface area (Å²) in [4.78, 5) is 21.7. The summed E-state index contributed by atoms with van der Waals surface area (Å²) in [5.74, 6) is 0.343. The van der Waals surface area contributed by atoms with Gasteiger partial charge in [0.15, 0.2) is 0 Å². The summed E-state index contributed by atoms with van der Waals surface area (Å²) in [5.41, 5.74) is 1.49. The molecule has 0 fully saturated rings. The van der Waals surface area contributed by atoms with Gasteiger partial charge in [-0.3, -0.25) is 4.79 Å². The number of likely N-dealkylation sites (N-methyl/N-ethyl adjacent to an activating group) is 1. The summed E-state index contributed by atoms with van der Waals surface area (Å²) < 4.78 is 0. The number of benzene rings is 1. The molecule has 104 valence electrons. The van der Waals surface area contributed by atoms with Gasteiger partial charge in [-0.15, -0.1) is 0 Å². The van der Waals surface area contributed by atoms with Gasteiger partial charge in [-0.05, 0) is 23.8 Å². The molecule has 0 atom stereocenters. The maximum Gasteiger partial charge on any atom is 0.243 e. The van der Waals surface area contributed by atoms with Crippen molar-refractivity contribution in [2.45, 2.75) is 6.61 Å². The van der Waals surface area contributed by atoms with E-state index >= 15 is 0 Å². The highest BCUT2D eigenvalue weighted by Crippen LogP contribution is 2.10. The van der Waals surface area contributed by atoms with Crippen LogP contribution in [0, 0.1) is 0 Å². The van der Waals surface area contributed by atoms with Crippen LogP contribution in [0.2, 0.25) is 0 Å². The Bertz CT molecular complexity index is 557. The number of amides is 1. The van der Waals surface area contributed by atoms with Crippen LogP contribution < -0.4 is 10.2 Å². The second-order valence-electron chi connectivity index (χ2n) is 4.31. The predicted octanol–water partition coefficient (Wildman–Crippen LogP) is 1.04. The van der Waals surface area contributed by atoms with Crippen LogP contribution in [0.25, 0.3) is 0 Å². The van der Waals surface area contributed by atoms with E-state index in [-0.39, 0.29) is 19.1 Å². The van der Waals surface area contributed by atoms with Gasteiger partial charge in [-0.25, -0.2) is 9.97 Å². The molecule has 6 nitrogen and oxygen atoms in total. The van der Waals surface area contributed by atoms with Crippen LogP contribution in [-0.4, -0.2) is 34.6 Å². The second kappa shape index (κ2) is 6.63. The van der Waals surface area contributed by atoms with E-state index in [0.717, 1.165) is 5.56 Å². The molecule has 0 spiro atoms. The number of anilines is 2. The fourth-order valence-corrected chi connectivity index (χ4v) is 1.67. The van der Waals surface area contributed by atoms with E-state index < -0.39 is 0 Å². The van der Waals surface area contributed by atoms with E-state index in [9.17, 15) is 4.79 Å². The SMILES string of the molecule is CN(CC(=O)Nc1ccc(CO)cc1)c1ncccn1. The zero-order chi connectivity index (χ0) is 14.4. The van der Waals surface area contributed by atoms with Crippen molar-refractivity contribution in [3.63, 3.8) is 0 Å². The molecule has 20 heavy (non-hydrogen) atoms. The molecule has 1 aromatic heterocycles. The highest BCUT2D eigenvalue weighted by atomic mass is 16.3. The number of aliphatic hydroxyl groups excluding tert-OH is 1. The van der Waals surface area contributed by atoms with Crippen molar-refractivity contribution in [2.75, 3.05) is 23.8 Å². The van der Waals surface area contributed by atoms with Gasteiger partial charge < -0.3 is 15.3 Å². The second-order valence-corrected chi connectivity index (χ2v) is 4.31. The minimum absolute atomic E-state index is 0.0116. The molecule has 6 heteroatoms. The summed E-state index contributed by atoms with van der Waals surface area (Å²) in [5, 5.41) is 11.7. The third-order valence-electron chi connectivity index (χ3n) is 2.69. The van der Waals surface area contributed by atoms with Crippen LogP contribution in [-0.2, 0) is 11.4 Å². The van der Waals surface area contributed by atoms with Crippen LogP contribution in [0.4, 0.5) is 11.6 Å². The Kier molecular flexibility index (Phi) is 4.62. The zero-order valence-electron chi connectivity index (χ0n) is 11.2. The van der Waals surface area contributed by atoms with Crippen LogP contribution in [0.15, 0.2) is 42.7 Å². The van der Waals surface area contributed by atoms with Crippen LogP contribution in [0.5, 0.6) is 0 Å².